The molecule has 1 N–H and O–H groups in total. The van der Waals surface area contributed by atoms with Crippen molar-refractivity contribution in [1.29, 1.82) is 0 Å². The van der Waals surface area contributed by atoms with Gasteiger partial charge < -0.3 is 15.1 Å². The first kappa shape index (κ1) is 20.9. The van der Waals surface area contributed by atoms with Gasteiger partial charge in [0.25, 0.3) is 0 Å². The molecular weight excluding hydrogens is 412 g/mol. The standard InChI is InChI=1S/C26H26N6O/c1-16(2)32-17(3)25(33)31(4)23-10-9-19(13-24(23)32)29-26-28-12-11-22(30-26)21-15-27-14-18-7-5-6-8-20(18)21/h5-17H,1-4H3,(H,28,29,30)/t17-/m1/s1. The first-order chi connectivity index (χ1) is 15.9. The summed E-state index contributed by atoms with van der Waals surface area (Å²) in [6.45, 7) is 6.15. The van der Waals surface area contributed by atoms with Gasteiger partial charge in [0.2, 0.25) is 11.9 Å². The Kier molecular flexibility index (Phi) is 5.17. The highest BCUT2D eigenvalue weighted by Crippen LogP contribution is 2.39. The van der Waals surface area contributed by atoms with Crippen LogP contribution in [0.5, 0.6) is 0 Å². The van der Waals surface area contributed by atoms with E-state index in [9.17, 15) is 4.79 Å². The summed E-state index contributed by atoms with van der Waals surface area (Å²) in [6.07, 6.45) is 5.44. The van der Waals surface area contributed by atoms with Crippen LogP contribution in [0.15, 0.2) is 67.1 Å². The summed E-state index contributed by atoms with van der Waals surface area (Å²) in [7, 11) is 1.83. The number of amides is 1. The lowest BCUT2D eigenvalue weighted by atomic mass is 10.0. The van der Waals surface area contributed by atoms with Crippen molar-refractivity contribution in [1.82, 2.24) is 15.0 Å². The van der Waals surface area contributed by atoms with Crippen LogP contribution in [-0.2, 0) is 4.79 Å². The van der Waals surface area contributed by atoms with Crippen LogP contribution in [0, 0.1) is 0 Å². The smallest absolute Gasteiger partial charge is 0.249 e. The number of hydrogen-bond acceptors (Lipinski definition) is 6. The Balaban J connectivity index is 1.51. The van der Waals surface area contributed by atoms with Crippen LogP contribution in [0.25, 0.3) is 22.0 Å². The Morgan fingerprint density at radius 2 is 1.85 bits per heavy atom. The molecule has 0 aliphatic carbocycles. The maximum atomic E-state index is 12.7. The van der Waals surface area contributed by atoms with E-state index < -0.39 is 0 Å². The zero-order chi connectivity index (χ0) is 23.1. The van der Waals surface area contributed by atoms with E-state index in [0.29, 0.717) is 5.95 Å². The first-order valence-corrected chi connectivity index (χ1v) is 11.1. The van der Waals surface area contributed by atoms with E-state index in [1.165, 1.54) is 0 Å². The average molecular weight is 439 g/mol. The number of benzene rings is 2. The quantitative estimate of drug-likeness (QED) is 0.483. The third-order valence-electron chi connectivity index (χ3n) is 6.13. The molecule has 33 heavy (non-hydrogen) atoms. The molecule has 0 unspecified atom stereocenters. The number of anilines is 4. The van der Waals surface area contributed by atoms with Crippen molar-refractivity contribution in [3.05, 3.63) is 67.1 Å². The zero-order valence-corrected chi connectivity index (χ0v) is 19.1. The molecule has 0 radical (unpaired) electrons. The number of hydrogen-bond donors (Lipinski definition) is 1. The summed E-state index contributed by atoms with van der Waals surface area (Å²) in [5.41, 5.74) is 4.54. The van der Waals surface area contributed by atoms with E-state index in [-0.39, 0.29) is 18.0 Å². The van der Waals surface area contributed by atoms with Crippen LogP contribution in [0.3, 0.4) is 0 Å². The number of aromatic nitrogens is 3. The van der Waals surface area contributed by atoms with Crippen LogP contribution >= 0.6 is 0 Å². The Hall–Kier alpha value is -4.00. The molecule has 5 rings (SSSR count). The zero-order valence-electron chi connectivity index (χ0n) is 19.1. The van der Waals surface area contributed by atoms with Gasteiger partial charge in [-0.25, -0.2) is 9.97 Å². The fourth-order valence-electron chi connectivity index (χ4n) is 4.56. The second kappa shape index (κ2) is 8.16. The highest BCUT2D eigenvalue weighted by atomic mass is 16.2. The number of nitrogens with zero attached hydrogens (tertiary/aromatic N) is 5. The van der Waals surface area contributed by atoms with Gasteiger partial charge in [0.1, 0.15) is 6.04 Å². The van der Waals surface area contributed by atoms with Crippen LogP contribution in [-0.4, -0.2) is 40.0 Å². The summed E-state index contributed by atoms with van der Waals surface area (Å²) < 4.78 is 0. The van der Waals surface area contributed by atoms with Crippen LogP contribution in [0.1, 0.15) is 20.8 Å². The summed E-state index contributed by atoms with van der Waals surface area (Å²) in [6, 6.07) is 16.0. The van der Waals surface area contributed by atoms with Crippen molar-refractivity contribution in [2.75, 3.05) is 22.2 Å². The summed E-state index contributed by atoms with van der Waals surface area (Å²) in [4.78, 5) is 30.1. The third kappa shape index (κ3) is 3.65. The molecule has 3 heterocycles. The first-order valence-electron chi connectivity index (χ1n) is 11.1. The maximum Gasteiger partial charge on any atom is 0.249 e. The van der Waals surface area contributed by atoms with E-state index >= 15 is 0 Å². The van der Waals surface area contributed by atoms with Crippen molar-refractivity contribution in [2.24, 2.45) is 0 Å². The largest absolute Gasteiger partial charge is 0.356 e. The fraction of sp³-hybridized carbons (Fsp3) is 0.231. The molecule has 0 bridgehead atoms. The van der Waals surface area contributed by atoms with Crippen molar-refractivity contribution in [2.45, 2.75) is 32.9 Å². The topological polar surface area (TPSA) is 74.2 Å². The normalized spacial score (nSPS) is 15.8. The number of fused-ring (bicyclic) bond motifs is 2. The number of likely N-dealkylation sites (N-methyl/N-ethyl adjacent to an activating group) is 1. The minimum Gasteiger partial charge on any atom is -0.356 e. The monoisotopic (exact) mass is 438 g/mol. The predicted molar refractivity (Wildman–Crippen MR) is 133 cm³/mol. The molecule has 7 heteroatoms. The molecule has 4 aromatic rings. The van der Waals surface area contributed by atoms with Gasteiger partial charge in [-0.1, -0.05) is 24.3 Å². The Bertz CT molecular complexity index is 1350. The SMILES string of the molecule is CC(C)N1c2cc(Nc3nccc(-c4cncc5ccccc45)n3)ccc2N(C)C(=O)[C@H]1C. The van der Waals surface area contributed by atoms with E-state index in [1.54, 1.807) is 11.1 Å². The lowest BCUT2D eigenvalue weighted by molar-refractivity contribution is -0.119. The summed E-state index contributed by atoms with van der Waals surface area (Å²) >= 11 is 0. The molecular formula is C26H26N6O. The third-order valence-corrected chi connectivity index (χ3v) is 6.13. The molecule has 1 amide bonds. The average Bonchev–Trinajstić information content (AvgIpc) is 2.82. The van der Waals surface area contributed by atoms with Gasteiger partial charge in [-0.2, -0.15) is 0 Å². The molecule has 1 aliphatic rings. The number of pyridine rings is 1. The van der Waals surface area contributed by atoms with Crippen molar-refractivity contribution >= 4 is 39.7 Å². The van der Waals surface area contributed by atoms with E-state index in [4.69, 9.17) is 4.98 Å². The lowest BCUT2D eigenvalue weighted by Crippen LogP contribution is -2.53. The molecule has 0 fully saturated rings. The van der Waals surface area contributed by atoms with Gasteiger partial charge >= 0.3 is 0 Å². The molecule has 0 spiro atoms. The van der Waals surface area contributed by atoms with Gasteiger partial charge in [-0.15, -0.1) is 0 Å². The number of carbonyl (C=O) groups excluding carboxylic acids is 1. The van der Waals surface area contributed by atoms with Gasteiger partial charge in [-0.05, 0) is 50.4 Å². The molecule has 7 nitrogen and oxygen atoms in total. The fourth-order valence-corrected chi connectivity index (χ4v) is 4.56. The Morgan fingerprint density at radius 3 is 2.67 bits per heavy atom. The van der Waals surface area contributed by atoms with Gasteiger partial charge in [-0.3, -0.25) is 9.78 Å². The van der Waals surface area contributed by atoms with E-state index in [0.717, 1.165) is 39.1 Å². The molecule has 1 atom stereocenters. The van der Waals surface area contributed by atoms with Crippen molar-refractivity contribution < 1.29 is 4.79 Å². The highest BCUT2D eigenvalue weighted by molar-refractivity contribution is 6.05. The van der Waals surface area contributed by atoms with Gasteiger partial charge in [0, 0.05) is 48.3 Å². The molecule has 0 saturated carbocycles. The summed E-state index contributed by atoms with van der Waals surface area (Å²) in [5.74, 6) is 0.599. The highest BCUT2D eigenvalue weighted by Gasteiger charge is 2.34. The lowest BCUT2D eigenvalue weighted by Gasteiger charge is -2.42. The van der Waals surface area contributed by atoms with E-state index in [1.807, 2.05) is 62.8 Å². The molecule has 2 aromatic heterocycles. The van der Waals surface area contributed by atoms with Crippen LogP contribution in [0.4, 0.5) is 23.0 Å². The summed E-state index contributed by atoms with van der Waals surface area (Å²) in [5, 5.41) is 5.51. The second-order valence-corrected chi connectivity index (χ2v) is 8.58. The van der Waals surface area contributed by atoms with Gasteiger partial charge in [0.15, 0.2) is 0 Å². The van der Waals surface area contributed by atoms with Crippen LogP contribution < -0.4 is 15.1 Å². The minimum atomic E-state index is -0.226. The molecule has 166 valence electrons. The number of nitrogens with one attached hydrogen (secondary N) is 1. The molecule has 2 aromatic carbocycles. The van der Waals surface area contributed by atoms with Gasteiger partial charge in [0.05, 0.1) is 17.1 Å². The predicted octanol–water partition coefficient (Wildman–Crippen LogP) is 5.02. The van der Waals surface area contributed by atoms with Crippen molar-refractivity contribution in [3.8, 4) is 11.3 Å². The molecule has 1 aliphatic heterocycles. The van der Waals surface area contributed by atoms with Crippen molar-refractivity contribution in [3.63, 3.8) is 0 Å². The van der Waals surface area contributed by atoms with E-state index in [2.05, 4.69) is 46.2 Å². The second-order valence-electron chi connectivity index (χ2n) is 8.58. The Labute approximate surface area is 193 Å². The number of carbonyl (C=O) groups is 1. The Morgan fingerprint density at radius 1 is 1.03 bits per heavy atom. The maximum absolute atomic E-state index is 12.7. The molecule has 0 saturated heterocycles. The number of rotatable bonds is 4. The minimum absolute atomic E-state index is 0.0941. The van der Waals surface area contributed by atoms with Crippen LogP contribution in [0.2, 0.25) is 0 Å².